The Labute approximate surface area is 147 Å². The molecule has 0 aliphatic rings. The van der Waals surface area contributed by atoms with Crippen molar-refractivity contribution >= 4 is 11.5 Å². The summed E-state index contributed by atoms with van der Waals surface area (Å²) in [5, 5.41) is 18.1. The molecule has 0 amide bonds. The van der Waals surface area contributed by atoms with Crippen molar-refractivity contribution in [2.45, 2.75) is 13.0 Å². The van der Waals surface area contributed by atoms with E-state index in [0.717, 1.165) is 11.3 Å². The van der Waals surface area contributed by atoms with Gasteiger partial charge in [0.15, 0.2) is 12.4 Å². The molecule has 0 bridgehead atoms. The number of pyridine rings is 1. The number of carbonyl (C=O) groups is 1. The number of Topliss-reactive ketones (excluding diaryl/α,β-unsaturated/α-hetero) is 1. The largest absolute Gasteiger partial charge is 0.377 e. The summed E-state index contributed by atoms with van der Waals surface area (Å²) in [6.45, 7) is 1.95. The quantitative estimate of drug-likeness (QED) is 0.480. The van der Waals surface area contributed by atoms with Crippen LogP contribution in [0.15, 0.2) is 60.4 Å². The Morgan fingerprint density at radius 3 is 2.12 bits per heavy atom. The predicted molar refractivity (Wildman–Crippen MR) is 94.8 cm³/mol. The van der Waals surface area contributed by atoms with E-state index in [-0.39, 0.29) is 11.4 Å². The lowest BCUT2D eigenvalue weighted by molar-refractivity contribution is -0.697. The van der Waals surface area contributed by atoms with Crippen LogP contribution in [0.4, 0.5) is 5.69 Å². The number of allylic oxidation sites excluding steroid dienone is 2. The van der Waals surface area contributed by atoms with E-state index in [1.54, 1.807) is 29.1 Å². The monoisotopic (exact) mass is 331 g/mol. The number of nitriles is 2. The highest BCUT2D eigenvalue weighted by molar-refractivity contribution is 5.99. The van der Waals surface area contributed by atoms with Gasteiger partial charge in [0, 0.05) is 43.6 Å². The van der Waals surface area contributed by atoms with Gasteiger partial charge in [-0.05, 0) is 6.92 Å². The van der Waals surface area contributed by atoms with Gasteiger partial charge >= 0.3 is 0 Å². The second-order valence-electron chi connectivity index (χ2n) is 5.88. The van der Waals surface area contributed by atoms with Gasteiger partial charge in [-0.3, -0.25) is 4.79 Å². The maximum Gasteiger partial charge on any atom is 0.241 e. The molecule has 0 aliphatic heterocycles. The molecular weight excluding hydrogens is 312 g/mol. The minimum absolute atomic E-state index is 0.0883. The highest BCUT2D eigenvalue weighted by Gasteiger charge is 2.27. The van der Waals surface area contributed by atoms with Gasteiger partial charge in [-0.1, -0.05) is 29.8 Å². The van der Waals surface area contributed by atoms with E-state index >= 15 is 0 Å². The van der Waals surface area contributed by atoms with Crippen LogP contribution >= 0.6 is 0 Å². The molecule has 1 heterocycles. The van der Waals surface area contributed by atoms with Crippen LogP contribution in [0.5, 0.6) is 0 Å². The first-order valence-electron chi connectivity index (χ1n) is 7.77. The Morgan fingerprint density at radius 1 is 1.08 bits per heavy atom. The SMILES string of the molecule is Cc1ccc(C(=O)C(C=C(C#N)C#N)[n+]2ccc(N(C)C)cc2)cc1. The lowest BCUT2D eigenvalue weighted by atomic mass is 10.0. The summed E-state index contributed by atoms with van der Waals surface area (Å²) in [7, 11) is 3.86. The van der Waals surface area contributed by atoms with E-state index in [0.29, 0.717) is 5.56 Å². The van der Waals surface area contributed by atoms with Crippen LogP contribution in [0.1, 0.15) is 22.0 Å². The number of aryl methyl sites for hydroxylation is 1. The maximum absolute atomic E-state index is 12.9. The van der Waals surface area contributed by atoms with Gasteiger partial charge in [0.1, 0.15) is 17.7 Å². The minimum atomic E-state index is -0.756. The normalized spacial score (nSPS) is 10.9. The van der Waals surface area contributed by atoms with Crippen molar-refractivity contribution in [3.8, 4) is 12.1 Å². The zero-order valence-electron chi connectivity index (χ0n) is 14.5. The number of carbonyl (C=O) groups excluding carboxylic acids is 1. The highest BCUT2D eigenvalue weighted by atomic mass is 16.1. The maximum atomic E-state index is 12.9. The van der Waals surface area contributed by atoms with Crippen LogP contribution < -0.4 is 9.47 Å². The van der Waals surface area contributed by atoms with Gasteiger partial charge in [-0.25, -0.2) is 0 Å². The fraction of sp³-hybridized carbons (Fsp3) is 0.200. The standard InChI is InChI=1S/C20H19N4O/c1-15-4-6-17(7-5-15)20(25)19(12-16(13-21)14-22)24-10-8-18(9-11-24)23(2)3/h4-12,19H,1-3H3/q+1. The van der Waals surface area contributed by atoms with E-state index in [2.05, 4.69) is 0 Å². The number of rotatable bonds is 5. The minimum Gasteiger partial charge on any atom is -0.377 e. The molecule has 5 nitrogen and oxygen atoms in total. The van der Waals surface area contributed by atoms with Crippen LogP contribution in [-0.4, -0.2) is 19.9 Å². The second-order valence-corrected chi connectivity index (χ2v) is 5.88. The summed E-state index contributed by atoms with van der Waals surface area (Å²) in [6.07, 6.45) is 4.95. The number of nitrogens with zero attached hydrogens (tertiary/aromatic N) is 4. The molecular formula is C20H19N4O+. The molecule has 2 aromatic rings. The average Bonchev–Trinajstić information content (AvgIpc) is 2.63. The molecule has 0 saturated heterocycles. The molecule has 0 N–H and O–H groups in total. The number of anilines is 1. The molecule has 2 rings (SSSR count). The van der Waals surface area contributed by atoms with Crippen molar-refractivity contribution < 1.29 is 9.36 Å². The van der Waals surface area contributed by atoms with Gasteiger partial charge in [0.05, 0.1) is 0 Å². The first-order chi connectivity index (χ1) is 12.0. The second kappa shape index (κ2) is 7.90. The first-order valence-corrected chi connectivity index (χ1v) is 7.77. The number of benzene rings is 1. The van der Waals surface area contributed by atoms with E-state index in [4.69, 9.17) is 10.5 Å². The molecule has 1 aromatic carbocycles. The van der Waals surface area contributed by atoms with E-state index in [1.807, 2.05) is 62.3 Å². The van der Waals surface area contributed by atoms with Crippen molar-refractivity contribution in [2.75, 3.05) is 19.0 Å². The lowest BCUT2D eigenvalue weighted by Gasteiger charge is -2.12. The van der Waals surface area contributed by atoms with E-state index < -0.39 is 6.04 Å². The van der Waals surface area contributed by atoms with Crippen molar-refractivity contribution in [1.82, 2.24) is 0 Å². The van der Waals surface area contributed by atoms with Crippen molar-refractivity contribution in [3.63, 3.8) is 0 Å². The summed E-state index contributed by atoms with van der Waals surface area (Å²) >= 11 is 0. The predicted octanol–water partition coefficient (Wildman–Crippen LogP) is 2.75. The highest BCUT2D eigenvalue weighted by Crippen LogP contribution is 2.15. The topological polar surface area (TPSA) is 71.8 Å². The summed E-state index contributed by atoms with van der Waals surface area (Å²) in [4.78, 5) is 14.9. The number of hydrogen-bond donors (Lipinski definition) is 0. The van der Waals surface area contributed by atoms with Gasteiger partial charge in [0.25, 0.3) is 0 Å². The molecule has 0 aliphatic carbocycles. The third-order valence-electron chi connectivity index (χ3n) is 3.84. The van der Waals surface area contributed by atoms with Crippen molar-refractivity contribution in [2.24, 2.45) is 0 Å². The molecule has 0 saturated carbocycles. The Bertz CT molecular complexity index is 850. The Hall–Kier alpha value is -3.44. The van der Waals surface area contributed by atoms with Gasteiger partial charge in [0.2, 0.25) is 11.8 Å². The fourth-order valence-electron chi connectivity index (χ4n) is 2.36. The molecule has 25 heavy (non-hydrogen) atoms. The van der Waals surface area contributed by atoms with Crippen LogP contribution in [0, 0.1) is 29.6 Å². The van der Waals surface area contributed by atoms with Crippen LogP contribution in [0.3, 0.4) is 0 Å². The van der Waals surface area contributed by atoms with Crippen molar-refractivity contribution in [3.05, 3.63) is 71.6 Å². The van der Waals surface area contributed by atoms with Gasteiger partial charge in [-0.15, -0.1) is 0 Å². The van der Waals surface area contributed by atoms with Crippen molar-refractivity contribution in [1.29, 1.82) is 10.5 Å². The van der Waals surface area contributed by atoms with E-state index in [9.17, 15) is 4.79 Å². The van der Waals surface area contributed by atoms with Crippen LogP contribution in [-0.2, 0) is 0 Å². The summed E-state index contributed by atoms with van der Waals surface area (Å²) in [5.41, 5.74) is 2.49. The Morgan fingerprint density at radius 2 is 1.64 bits per heavy atom. The molecule has 5 heteroatoms. The summed E-state index contributed by atoms with van der Waals surface area (Å²) in [5.74, 6) is -0.175. The third-order valence-corrected chi connectivity index (χ3v) is 3.84. The van der Waals surface area contributed by atoms with Crippen LogP contribution in [0.25, 0.3) is 0 Å². The molecule has 0 radical (unpaired) electrons. The Kier molecular flexibility index (Phi) is 5.66. The first kappa shape index (κ1) is 17.9. The van der Waals surface area contributed by atoms with Crippen LogP contribution in [0.2, 0.25) is 0 Å². The molecule has 0 fully saturated rings. The number of hydrogen-bond acceptors (Lipinski definition) is 4. The van der Waals surface area contributed by atoms with E-state index in [1.165, 1.54) is 6.08 Å². The summed E-state index contributed by atoms with van der Waals surface area (Å²) < 4.78 is 1.70. The van der Waals surface area contributed by atoms with Gasteiger partial charge in [-0.2, -0.15) is 15.1 Å². The molecule has 1 atom stereocenters. The lowest BCUT2D eigenvalue weighted by Crippen LogP contribution is -2.42. The zero-order chi connectivity index (χ0) is 18.4. The molecule has 124 valence electrons. The molecule has 1 unspecified atom stereocenters. The molecule has 1 aromatic heterocycles. The third kappa shape index (κ3) is 4.31. The zero-order valence-corrected chi connectivity index (χ0v) is 14.5. The Balaban J connectivity index is 2.48. The summed E-state index contributed by atoms with van der Waals surface area (Å²) in [6, 6.07) is 13.9. The smallest absolute Gasteiger partial charge is 0.241 e. The molecule has 0 spiro atoms. The number of aromatic nitrogens is 1. The van der Waals surface area contributed by atoms with Gasteiger partial charge < -0.3 is 4.90 Å². The average molecular weight is 331 g/mol. The fourth-order valence-corrected chi connectivity index (χ4v) is 2.36. The number of ketones is 1.